The summed E-state index contributed by atoms with van der Waals surface area (Å²) in [6.45, 7) is 4.89. The van der Waals surface area contributed by atoms with Crippen molar-refractivity contribution < 1.29 is 14.7 Å². The summed E-state index contributed by atoms with van der Waals surface area (Å²) in [5.74, 6) is -0.470. The molecule has 1 aromatic rings. The predicted octanol–water partition coefficient (Wildman–Crippen LogP) is 2.34. The molecule has 1 rings (SSSR count). The first kappa shape index (κ1) is 14.9. The van der Waals surface area contributed by atoms with Gasteiger partial charge in [-0.3, -0.25) is 0 Å². The molecule has 0 bridgehead atoms. The maximum Gasteiger partial charge on any atom is 0.354 e. The predicted molar refractivity (Wildman–Crippen MR) is 72.3 cm³/mol. The van der Waals surface area contributed by atoms with Gasteiger partial charge in [-0.15, -0.1) is 0 Å². The molecule has 0 fully saturated rings. The van der Waals surface area contributed by atoms with E-state index >= 15 is 0 Å². The summed E-state index contributed by atoms with van der Waals surface area (Å²) in [6, 6.07) is 2.54. The van der Waals surface area contributed by atoms with E-state index in [4.69, 9.17) is 5.11 Å². The molecule has 6 nitrogen and oxygen atoms in total. The number of hydrogen-bond acceptors (Lipinski definition) is 3. The largest absolute Gasteiger partial charge is 0.477 e. The minimum Gasteiger partial charge on any atom is -0.477 e. The van der Waals surface area contributed by atoms with Crippen LogP contribution in [0.1, 0.15) is 37.2 Å². The number of nitrogens with one attached hydrogen (secondary N) is 2. The molecule has 0 atom stereocenters. The van der Waals surface area contributed by atoms with Crippen molar-refractivity contribution in [3.05, 3.63) is 24.0 Å². The summed E-state index contributed by atoms with van der Waals surface area (Å²) in [7, 11) is 0. The second-order valence-corrected chi connectivity index (χ2v) is 4.65. The molecule has 19 heavy (non-hydrogen) atoms. The Morgan fingerprint density at radius 3 is 2.63 bits per heavy atom. The SMILES string of the molecule is CC(C)CCCNC(=O)Nc1ccc(C(=O)O)nc1. The lowest BCUT2D eigenvalue weighted by Crippen LogP contribution is -2.29. The van der Waals surface area contributed by atoms with Crippen LogP contribution in [0.2, 0.25) is 0 Å². The maximum atomic E-state index is 11.5. The van der Waals surface area contributed by atoms with Crippen LogP contribution < -0.4 is 10.6 Å². The van der Waals surface area contributed by atoms with Gasteiger partial charge in [0.05, 0.1) is 11.9 Å². The summed E-state index contributed by atoms with van der Waals surface area (Å²) >= 11 is 0. The van der Waals surface area contributed by atoms with E-state index in [0.29, 0.717) is 18.2 Å². The van der Waals surface area contributed by atoms with Gasteiger partial charge in [0.25, 0.3) is 0 Å². The van der Waals surface area contributed by atoms with E-state index in [2.05, 4.69) is 29.5 Å². The van der Waals surface area contributed by atoms with Crippen LogP contribution in [0.15, 0.2) is 18.3 Å². The highest BCUT2D eigenvalue weighted by molar-refractivity contribution is 5.90. The van der Waals surface area contributed by atoms with E-state index in [1.807, 2.05) is 0 Å². The number of carboxylic acids is 1. The molecule has 3 N–H and O–H groups in total. The Hall–Kier alpha value is -2.11. The number of carboxylic acid groups (broad SMARTS) is 1. The van der Waals surface area contributed by atoms with Gasteiger partial charge in [-0.25, -0.2) is 14.6 Å². The van der Waals surface area contributed by atoms with Gasteiger partial charge in [0.1, 0.15) is 5.69 Å². The van der Waals surface area contributed by atoms with Crippen LogP contribution in [-0.4, -0.2) is 28.6 Å². The Morgan fingerprint density at radius 1 is 1.37 bits per heavy atom. The fraction of sp³-hybridized carbons (Fsp3) is 0.462. The van der Waals surface area contributed by atoms with E-state index in [1.54, 1.807) is 0 Å². The molecular weight excluding hydrogens is 246 g/mol. The smallest absolute Gasteiger partial charge is 0.354 e. The summed E-state index contributed by atoms with van der Waals surface area (Å²) in [4.78, 5) is 25.8. The fourth-order valence-corrected chi connectivity index (χ4v) is 1.48. The standard InChI is InChI=1S/C13H19N3O3/c1-9(2)4-3-7-14-13(19)16-10-5-6-11(12(17)18)15-8-10/h5-6,8-9H,3-4,7H2,1-2H3,(H,17,18)(H2,14,16,19). The van der Waals surface area contributed by atoms with Crippen molar-refractivity contribution in [1.82, 2.24) is 10.3 Å². The van der Waals surface area contributed by atoms with Crippen molar-refractivity contribution in [3.63, 3.8) is 0 Å². The summed E-state index contributed by atoms with van der Waals surface area (Å²) in [5, 5.41) is 14.0. The van der Waals surface area contributed by atoms with Crippen molar-refractivity contribution in [3.8, 4) is 0 Å². The van der Waals surface area contributed by atoms with E-state index < -0.39 is 5.97 Å². The number of carbonyl (C=O) groups is 2. The van der Waals surface area contributed by atoms with Crippen LogP contribution in [0.4, 0.5) is 10.5 Å². The molecule has 1 heterocycles. The monoisotopic (exact) mass is 265 g/mol. The lowest BCUT2D eigenvalue weighted by molar-refractivity contribution is 0.0690. The van der Waals surface area contributed by atoms with Crippen LogP contribution in [0, 0.1) is 5.92 Å². The van der Waals surface area contributed by atoms with E-state index in [0.717, 1.165) is 12.8 Å². The molecule has 0 saturated carbocycles. The Labute approximate surface area is 112 Å². The molecule has 0 radical (unpaired) electrons. The molecule has 6 heteroatoms. The highest BCUT2D eigenvalue weighted by Gasteiger charge is 2.05. The topological polar surface area (TPSA) is 91.3 Å². The highest BCUT2D eigenvalue weighted by Crippen LogP contribution is 2.06. The Bertz CT molecular complexity index is 429. The lowest BCUT2D eigenvalue weighted by atomic mass is 10.1. The van der Waals surface area contributed by atoms with Crippen molar-refractivity contribution in [1.29, 1.82) is 0 Å². The molecule has 1 aromatic heterocycles. The van der Waals surface area contributed by atoms with Crippen molar-refractivity contribution in [2.45, 2.75) is 26.7 Å². The average Bonchev–Trinajstić information content (AvgIpc) is 2.35. The molecular formula is C13H19N3O3. The van der Waals surface area contributed by atoms with Crippen LogP contribution in [-0.2, 0) is 0 Å². The Balaban J connectivity index is 2.34. The molecule has 0 aliphatic rings. The number of aromatic nitrogens is 1. The molecule has 0 aliphatic carbocycles. The molecule has 2 amide bonds. The summed E-state index contributed by atoms with van der Waals surface area (Å²) < 4.78 is 0. The second kappa shape index (κ2) is 7.35. The van der Waals surface area contributed by atoms with Crippen molar-refractivity contribution in [2.24, 2.45) is 5.92 Å². The highest BCUT2D eigenvalue weighted by atomic mass is 16.4. The van der Waals surface area contributed by atoms with E-state index in [-0.39, 0.29) is 11.7 Å². The third kappa shape index (κ3) is 5.85. The van der Waals surface area contributed by atoms with Gasteiger partial charge in [0, 0.05) is 6.54 Å². The maximum absolute atomic E-state index is 11.5. The molecule has 104 valence electrons. The van der Waals surface area contributed by atoms with Crippen LogP contribution in [0.5, 0.6) is 0 Å². The number of nitrogens with zero attached hydrogens (tertiary/aromatic N) is 1. The van der Waals surface area contributed by atoms with Gasteiger partial charge in [-0.1, -0.05) is 13.8 Å². The van der Waals surface area contributed by atoms with E-state index in [1.165, 1.54) is 18.3 Å². The first-order valence-corrected chi connectivity index (χ1v) is 6.23. The van der Waals surface area contributed by atoms with Crippen LogP contribution in [0.3, 0.4) is 0 Å². The first-order chi connectivity index (χ1) is 8.99. The van der Waals surface area contributed by atoms with Gasteiger partial charge in [-0.2, -0.15) is 0 Å². The zero-order valence-corrected chi connectivity index (χ0v) is 11.1. The number of carbonyl (C=O) groups excluding carboxylic acids is 1. The zero-order chi connectivity index (χ0) is 14.3. The Kier molecular flexibility index (Phi) is 5.78. The minimum atomic E-state index is -1.09. The van der Waals surface area contributed by atoms with Crippen LogP contribution in [0.25, 0.3) is 0 Å². The van der Waals surface area contributed by atoms with Gasteiger partial charge < -0.3 is 15.7 Å². The zero-order valence-electron chi connectivity index (χ0n) is 11.1. The van der Waals surface area contributed by atoms with Gasteiger partial charge in [-0.05, 0) is 30.9 Å². The van der Waals surface area contributed by atoms with Gasteiger partial charge in [0.15, 0.2) is 0 Å². The molecule has 0 aliphatic heterocycles. The number of amides is 2. The van der Waals surface area contributed by atoms with Crippen LogP contribution >= 0.6 is 0 Å². The molecule has 0 spiro atoms. The number of anilines is 1. The lowest BCUT2D eigenvalue weighted by Gasteiger charge is -2.08. The minimum absolute atomic E-state index is 0.0529. The number of aromatic carboxylic acids is 1. The van der Waals surface area contributed by atoms with Gasteiger partial charge >= 0.3 is 12.0 Å². The fourth-order valence-electron chi connectivity index (χ4n) is 1.48. The third-order valence-electron chi connectivity index (χ3n) is 2.48. The first-order valence-electron chi connectivity index (χ1n) is 6.23. The summed E-state index contributed by atoms with van der Waals surface area (Å²) in [5.41, 5.74) is 0.411. The molecule has 0 unspecified atom stereocenters. The van der Waals surface area contributed by atoms with Gasteiger partial charge in [0.2, 0.25) is 0 Å². The quantitative estimate of drug-likeness (QED) is 0.688. The molecule has 0 saturated heterocycles. The van der Waals surface area contributed by atoms with Crippen molar-refractivity contribution in [2.75, 3.05) is 11.9 Å². The molecule has 0 aromatic carbocycles. The average molecular weight is 265 g/mol. The van der Waals surface area contributed by atoms with Crippen molar-refractivity contribution >= 4 is 17.7 Å². The number of hydrogen-bond donors (Lipinski definition) is 3. The Morgan fingerprint density at radius 2 is 2.11 bits per heavy atom. The number of urea groups is 1. The second-order valence-electron chi connectivity index (χ2n) is 4.65. The normalized spacial score (nSPS) is 10.3. The third-order valence-corrected chi connectivity index (χ3v) is 2.48. The summed E-state index contributed by atoms with van der Waals surface area (Å²) in [6.07, 6.45) is 3.31. The van der Waals surface area contributed by atoms with E-state index in [9.17, 15) is 9.59 Å². The number of pyridine rings is 1. The number of rotatable bonds is 6.